The molecule has 11 nitrogen and oxygen atoms in total. The number of furan rings is 1. The van der Waals surface area contributed by atoms with Gasteiger partial charge < -0.3 is 29.6 Å². The molecule has 4 amide bonds. The number of rotatable bonds is 6. The Labute approximate surface area is 247 Å². The van der Waals surface area contributed by atoms with Crippen LogP contribution < -0.4 is 10.6 Å². The molecule has 6 rings (SSSR count). The fourth-order valence-electron chi connectivity index (χ4n) is 6.02. The van der Waals surface area contributed by atoms with Crippen LogP contribution in [0.1, 0.15) is 59.4 Å². The number of nitrogens with one attached hydrogen (secondary N) is 2. The number of aromatic nitrogens is 1. The van der Waals surface area contributed by atoms with Crippen LogP contribution in [0.3, 0.4) is 0 Å². The zero-order valence-corrected chi connectivity index (χ0v) is 23.8. The van der Waals surface area contributed by atoms with E-state index in [1.807, 2.05) is 4.90 Å². The molecule has 0 spiro atoms. The summed E-state index contributed by atoms with van der Waals surface area (Å²) in [5.74, 6) is -0.912. The van der Waals surface area contributed by atoms with Crippen LogP contribution >= 0.6 is 11.6 Å². The molecule has 0 atom stereocenters. The van der Waals surface area contributed by atoms with Crippen molar-refractivity contribution in [1.82, 2.24) is 14.8 Å². The first-order chi connectivity index (χ1) is 20.4. The summed E-state index contributed by atoms with van der Waals surface area (Å²) in [7, 11) is 0. The number of halogens is 1. The third-order valence-electron chi connectivity index (χ3n) is 8.27. The van der Waals surface area contributed by atoms with E-state index in [1.54, 1.807) is 35.2 Å². The van der Waals surface area contributed by atoms with Crippen LogP contribution in [0.5, 0.6) is 0 Å². The van der Waals surface area contributed by atoms with Crippen molar-refractivity contribution in [2.75, 3.05) is 43.5 Å². The zero-order chi connectivity index (χ0) is 29.2. The lowest BCUT2D eigenvalue weighted by Crippen LogP contribution is -2.40. The summed E-state index contributed by atoms with van der Waals surface area (Å²) < 4.78 is 11.3. The van der Waals surface area contributed by atoms with Gasteiger partial charge in [-0.2, -0.15) is 0 Å². The van der Waals surface area contributed by atoms with E-state index in [2.05, 4.69) is 15.6 Å². The number of hydrogen-bond acceptors (Lipinski definition) is 7. The number of likely N-dealkylation sites (tertiary alicyclic amines) is 1. The summed E-state index contributed by atoms with van der Waals surface area (Å²) in [6, 6.07) is 8.26. The summed E-state index contributed by atoms with van der Waals surface area (Å²) in [5.41, 5.74) is 0.979. The van der Waals surface area contributed by atoms with E-state index in [0.717, 1.165) is 25.8 Å². The molecule has 42 heavy (non-hydrogen) atoms. The van der Waals surface area contributed by atoms with Gasteiger partial charge in [0.1, 0.15) is 17.1 Å². The quantitative estimate of drug-likeness (QED) is 0.434. The molecule has 3 fully saturated rings. The van der Waals surface area contributed by atoms with Gasteiger partial charge in [-0.15, -0.1) is 0 Å². The van der Waals surface area contributed by atoms with E-state index in [-0.39, 0.29) is 46.9 Å². The van der Waals surface area contributed by atoms with Gasteiger partial charge in [0.2, 0.25) is 17.6 Å². The topological polar surface area (TPSA) is 134 Å². The second-order valence-corrected chi connectivity index (χ2v) is 11.4. The highest BCUT2D eigenvalue weighted by molar-refractivity contribution is 6.30. The predicted octanol–water partition coefficient (Wildman–Crippen LogP) is 4.33. The van der Waals surface area contributed by atoms with Crippen LogP contribution in [0.4, 0.5) is 11.5 Å². The molecule has 220 valence electrons. The molecule has 1 saturated carbocycles. The number of morpholine rings is 1. The molecule has 4 heterocycles. The van der Waals surface area contributed by atoms with Gasteiger partial charge in [-0.05, 0) is 62.4 Å². The van der Waals surface area contributed by atoms with Crippen LogP contribution in [0.25, 0.3) is 11.0 Å². The second kappa shape index (κ2) is 12.1. The van der Waals surface area contributed by atoms with Gasteiger partial charge in [0, 0.05) is 55.2 Å². The smallest absolute Gasteiger partial charge is 0.294 e. The van der Waals surface area contributed by atoms with Crippen molar-refractivity contribution in [3.8, 4) is 0 Å². The van der Waals surface area contributed by atoms with E-state index in [1.165, 1.54) is 6.20 Å². The van der Waals surface area contributed by atoms with E-state index < -0.39 is 5.91 Å². The highest BCUT2D eigenvalue weighted by atomic mass is 35.5. The Morgan fingerprint density at radius 1 is 0.976 bits per heavy atom. The Morgan fingerprint density at radius 3 is 2.45 bits per heavy atom. The number of carbonyl (C=O) groups excluding carboxylic acids is 4. The average Bonchev–Trinajstić information content (AvgIpc) is 3.61. The SMILES string of the molecule is O=C(Nc1ccc(Cl)cn1)c1oc2ccc(C(=O)N3CCOCC3)cc2c1NC(=O)[C@H]1CC[C@H](N2CCCC2=O)CC1. The van der Waals surface area contributed by atoms with Crippen molar-refractivity contribution < 1.29 is 28.3 Å². The molecule has 3 aromatic rings. The number of benzene rings is 1. The number of anilines is 2. The van der Waals surface area contributed by atoms with Crippen molar-refractivity contribution in [1.29, 1.82) is 0 Å². The summed E-state index contributed by atoms with van der Waals surface area (Å²) in [5, 5.41) is 6.52. The predicted molar refractivity (Wildman–Crippen MR) is 155 cm³/mol. The van der Waals surface area contributed by atoms with Crippen molar-refractivity contribution in [3.05, 3.63) is 52.9 Å². The fourth-order valence-corrected chi connectivity index (χ4v) is 6.13. The van der Waals surface area contributed by atoms with Crippen LogP contribution in [0.15, 0.2) is 40.9 Å². The minimum atomic E-state index is -0.603. The molecule has 2 aliphatic heterocycles. The molecular weight excluding hydrogens is 562 g/mol. The van der Waals surface area contributed by atoms with Gasteiger partial charge >= 0.3 is 0 Å². The van der Waals surface area contributed by atoms with Crippen molar-refractivity contribution in [3.63, 3.8) is 0 Å². The maximum Gasteiger partial charge on any atom is 0.294 e. The molecule has 0 unspecified atom stereocenters. The van der Waals surface area contributed by atoms with E-state index in [9.17, 15) is 19.2 Å². The summed E-state index contributed by atoms with van der Waals surface area (Å²) in [6.45, 7) is 2.70. The third-order valence-corrected chi connectivity index (χ3v) is 8.50. The summed E-state index contributed by atoms with van der Waals surface area (Å²) in [4.78, 5) is 60.1. The van der Waals surface area contributed by atoms with Crippen LogP contribution in [0.2, 0.25) is 5.02 Å². The fraction of sp³-hybridized carbons (Fsp3) is 0.433. The van der Waals surface area contributed by atoms with Gasteiger partial charge in [-0.25, -0.2) is 4.98 Å². The van der Waals surface area contributed by atoms with Gasteiger partial charge in [0.25, 0.3) is 11.8 Å². The van der Waals surface area contributed by atoms with Crippen LogP contribution in [-0.2, 0) is 14.3 Å². The molecule has 3 aliphatic rings. The Morgan fingerprint density at radius 2 is 1.76 bits per heavy atom. The van der Waals surface area contributed by atoms with Crippen LogP contribution in [0, 0.1) is 5.92 Å². The number of nitrogens with zero attached hydrogens (tertiary/aromatic N) is 3. The zero-order valence-electron chi connectivity index (χ0n) is 23.1. The lowest BCUT2D eigenvalue weighted by molar-refractivity contribution is -0.130. The molecule has 0 radical (unpaired) electrons. The first kappa shape index (κ1) is 28.2. The number of pyridine rings is 1. The minimum Gasteiger partial charge on any atom is -0.449 e. The molecule has 0 bridgehead atoms. The first-order valence-electron chi connectivity index (χ1n) is 14.3. The Kier molecular flexibility index (Phi) is 8.12. The van der Waals surface area contributed by atoms with Crippen molar-refractivity contribution >= 4 is 57.7 Å². The highest BCUT2D eigenvalue weighted by Crippen LogP contribution is 2.35. The minimum absolute atomic E-state index is 0.0950. The number of hydrogen-bond donors (Lipinski definition) is 2. The van der Waals surface area contributed by atoms with Crippen molar-refractivity contribution in [2.45, 2.75) is 44.6 Å². The molecule has 2 N–H and O–H groups in total. The van der Waals surface area contributed by atoms with E-state index >= 15 is 0 Å². The number of ether oxygens (including phenoxy) is 1. The van der Waals surface area contributed by atoms with E-state index in [0.29, 0.717) is 67.1 Å². The first-order valence-corrected chi connectivity index (χ1v) is 14.7. The maximum atomic E-state index is 13.6. The molecule has 12 heteroatoms. The van der Waals surface area contributed by atoms with Gasteiger partial charge in [0.05, 0.1) is 18.2 Å². The highest BCUT2D eigenvalue weighted by Gasteiger charge is 2.34. The van der Waals surface area contributed by atoms with E-state index in [4.69, 9.17) is 20.8 Å². The normalized spacial score (nSPS) is 21.0. The summed E-state index contributed by atoms with van der Waals surface area (Å²) in [6.07, 6.45) is 5.67. The van der Waals surface area contributed by atoms with Gasteiger partial charge in [0.15, 0.2) is 0 Å². The lowest BCUT2D eigenvalue weighted by atomic mass is 9.84. The lowest BCUT2D eigenvalue weighted by Gasteiger charge is -2.34. The Balaban J connectivity index is 1.26. The molecule has 1 aromatic carbocycles. The maximum absolute atomic E-state index is 13.6. The second-order valence-electron chi connectivity index (χ2n) is 10.9. The van der Waals surface area contributed by atoms with Gasteiger partial charge in [-0.3, -0.25) is 19.2 Å². The monoisotopic (exact) mass is 593 g/mol. The third kappa shape index (κ3) is 5.84. The standard InChI is InChI=1S/C30H32ClN5O6/c31-20-6-10-24(32-17-20)33-29(39)27-26(34-28(38)18-3-7-21(8-4-18)36-11-1-2-25(36)37)22-16-19(5-9-23(22)42-27)30(40)35-12-14-41-15-13-35/h5-6,9-10,16-18,21H,1-4,7-8,11-15H2,(H,34,38)(H,32,33,39)/t18-,21-. The largest absolute Gasteiger partial charge is 0.449 e. The van der Waals surface area contributed by atoms with Crippen molar-refractivity contribution in [2.24, 2.45) is 5.92 Å². The number of amides is 4. The molecule has 2 aromatic heterocycles. The van der Waals surface area contributed by atoms with Crippen LogP contribution in [-0.4, -0.2) is 77.3 Å². The molecule has 2 saturated heterocycles. The van der Waals surface area contributed by atoms with Gasteiger partial charge in [-0.1, -0.05) is 11.6 Å². The number of carbonyl (C=O) groups is 4. The molecular formula is C30H32ClN5O6. The molecule has 1 aliphatic carbocycles. The number of fused-ring (bicyclic) bond motifs is 1. The Hall–Kier alpha value is -3.96. The average molecular weight is 594 g/mol. The Bertz CT molecular complexity index is 1510. The summed E-state index contributed by atoms with van der Waals surface area (Å²) >= 11 is 5.93.